The first-order valence-electron chi connectivity index (χ1n) is 13.6. The molecule has 6 N–H and O–H groups in total. The van der Waals surface area contributed by atoms with Crippen molar-refractivity contribution in [2.75, 3.05) is 26.4 Å². The van der Waals surface area contributed by atoms with Gasteiger partial charge < -0.3 is 44.8 Å². The van der Waals surface area contributed by atoms with Gasteiger partial charge in [0.1, 0.15) is 31.0 Å². The van der Waals surface area contributed by atoms with Crippen LogP contribution in [0.25, 0.3) is 0 Å². The Morgan fingerprint density at radius 2 is 1.87 bits per heavy atom. The van der Waals surface area contributed by atoms with Crippen molar-refractivity contribution in [1.29, 1.82) is 0 Å². The third-order valence-electron chi connectivity index (χ3n) is 9.58. The Bertz CT molecular complexity index is 874. The highest BCUT2D eigenvalue weighted by atomic mass is 16.7. The molecule has 218 valence electrons. The van der Waals surface area contributed by atoms with Crippen LogP contribution in [0.2, 0.25) is 0 Å². The van der Waals surface area contributed by atoms with E-state index in [2.05, 4.69) is 20.8 Å². The summed E-state index contributed by atoms with van der Waals surface area (Å²) in [6.45, 7) is 7.02. The second-order valence-corrected chi connectivity index (χ2v) is 11.6. The van der Waals surface area contributed by atoms with Crippen LogP contribution in [0.5, 0.6) is 0 Å². The molecule has 0 radical (unpaired) electrons. The van der Waals surface area contributed by atoms with E-state index in [4.69, 9.17) is 14.2 Å². The van der Waals surface area contributed by atoms with Crippen molar-refractivity contribution in [3.63, 3.8) is 0 Å². The van der Waals surface area contributed by atoms with E-state index >= 15 is 0 Å². The first-order chi connectivity index (χ1) is 17.9. The smallest absolute Gasteiger partial charge is 0.302 e. The third-order valence-corrected chi connectivity index (χ3v) is 9.58. The highest BCUT2D eigenvalue weighted by Crippen LogP contribution is 2.63. The maximum atomic E-state index is 11.3. The maximum absolute atomic E-state index is 11.3. The summed E-state index contributed by atoms with van der Waals surface area (Å²) in [4.78, 5) is 11.3. The van der Waals surface area contributed by atoms with Crippen LogP contribution < -0.4 is 0 Å². The Hall–Kier alpha value is -1.37. The van der Waals surface area contributed by atoms with Gasteiger partial charge in [-0.1, -0.05) is 32.9 Å². The minimum Gasteiger partial charge on any atom is -0.463 e. The van der Waals surface area contributed by atoms with Gasteiger partial charge in [0.2, 0.25) is 0 Å². The number of aliphatic hydroxyl groups excluding tert-OH is 6. The molecule has 0 amide bonds. The van der Waals surface area contributed by atoms with Crippen LogP contribution in [0.3, 0.4) is 0 Å². The zero-order valence-corrected chi connectivity index (χ0v) is 23.0. The summed E-state index contributed by atoms with van der Waals surface area (Å²) in [5.74, 6) is -0.309. The van der Waals surface area contributed by atoms with Crippen molar-refractivity contribution in [3.8, 4) is 0 Å². The lowest BCUT2D eigenvalue weighted by Crippen LogP contribution is -2.63. The van der Waals surface area contributed by atoms with Gasteiger partial charge in [-0.3, -0.25) is 4.79 Å². The average molecular weight is 543 g/mol. The monoisotopic (exact) mass is 542 g/mol. The van der Waals surface area contributed by atoms with Gasteiger partial charge in [0.15, 0.2) is 6.29 Å². The molecular weight excluding hydrogens is 496 g/mol. The molecule has 0 aromatic carbocycles. The molecular formula is C28H46O10. The second kappa shape index (κ2) is 12.9. The molecule has 3 rings (SSSR count). The van der Waals surface area contributed by atoms with E-state index < -0.39 is 48.2 Å². The molecule has 2 aliphatic carbocycles. The normalized spacial score (nSPS) is 41.8. The van der Waals surface area contributed by atoms with Crippen LogP contribution in [0.15, 0.2) is 23.3 Å². The molecule has 38 heavy (non-hydrogen) atoms. The standard InChI is InChI=1S/C28H46O10/c1-16-12-22(38-26-25(35)24(34)23(33)20(37-26)15-36-17(2)32)28(4)19(14-31)6-5-7-21(28)27(16,3)10-8-18(13-30)9-11-29/h6,9,16,20-26,29-31,33-35H,5,7-8,10-15H2,1-4H3/b18-9-/t16-,20-,21-,22+,23-,24+,25-,26+,27+,28+/m1/s1. The number of carbonyl (C=O) groups excluding carboxylic acids is 1. The highest BCUT2D eigenvalue weighted by Gasteiger charge is 2.60. The summed E-state index contributed by atoms with van der Waals surface area (Å²) >= 11 is 0. The topological polar surface area (TPSA) is 166 Å². The molecule has 3 aliphatic rings. The Morgan fingerprint density at radius 1 is 1.16 bits per heavy atom. The first kappa shape index (κ1) is 31.2. The Kier molecular flexibility index (Phi) is 10.6. The van der Waals surface area contributed by atoms with Crippen LogP contribution in [0.1, 0.15) is 59.8 Å². The fourth-order valence-corrected chi connectivity index (χ4v) is 6.98. The molecule has 2 fully saturated rings. The van der Waals surface area contributed by atoms with E-state index in [1.807, 2.05) is 6.08 Å². The molecule has 0 unspecified atom stereocenters. The van der Waals surface area contributed by atoms with Crippen LogP contribution in [-0.2, 0) is 19.0 Å². The van der Waals surface area contributed by atoms with Crippen molar-refractivity contribution in [3.05, 3.63) is 23.3 Å². The number of aliphatic hydroxyl groups is 6. The van der Waals surface area contributed by atoms with Crippen LogP contribution in [-0.4, -0.2) is 99.8 Å². The number of allylic oxidation sites excluding steroid dienone is 1. The zero-order chi connectivity index (χ0) is 28.3. The summed E-state index contributed by atoms with van der Waals surface area (Å²) in [6.07, 6.45) is 0.00502. The van der Waals surface area contributed by atoms with Gasteiger partial charge >= 0.3 is 5.97 Å². The summed E-state index contributed by atoms with van der Waals surface area (Å²) in [7, 11) is 0. The zero-order valence-electron chi connectivity index (χ0n) is 23.0. The molecule has 0 aromatic heterocycles. The lowest BCUT2D eigenvalue weighted by Gasteiger charge is -2.61. The van der Waals surface area contributed by atoms with Gasteiger partial charge in [-0.25, -0.2) is 0 Å². The van der Waals surface area contributed by atoms with Crippen LogP contribution in [0.4, 0.5) is 0 Å². The molecule has 0 spiro atoms. The van der Waals surface area contributed by atoms with Crippen LogP contribution in [0, 0.1) is 22.7 Å². The minimum absolute atomic E-state index is 0.0954. The number of rotatable bonds is 10. The quantitative estimate of drug-likeness (QED) is 0.172. The molecule has 1 saturated heterocycles. The Balaban J connectivity index is 1.90. The van der Waals surface area contributed by atoms with Crippen molar-refractivity contribution < 1.29 is 49.6 Å². The van der Waals surface area contributed by atoms with Crippen molar-refractivity contribution in [1.82, 2.24) is 0 Å². The largest absolute Gasteiger partial charge is 0.463 e. The molecule has 1 heterocycles. The van der Waals surface area contributed by atoms with Crippen molar-refractivity contribution in [2.24, 2.45) is 22.7 Å². The SMILES string of the molecule is CC(=O)OC[C@H]1O[C@@H](O[C@H]2C[C@@H](C)[C@](C)(CC/C(=C/CO)CO)[C@H]3CCC=C(CO)[C@]23C)[C@H](O)[C@@H](O)[C@@H]1O. The van der Waals surface area contributed by atoms with E-state index in [1.165, 1.54) is 6.92 Å². The van der Waals surface area contributed by atoms with E-state index in [9.17, 15) is 35.4 Å². The van der Waals surface area contributed by atoms with Gasteiger partial charge in [0.05, 0.1) is 25.9 Å². The Labute approximate surface area is 224 Å². The van der Waals surface area contributed by atoms with Crippen LogP contribution >= 0.6 is 0 Å². The van der Waals surface area contributed by atoms with E-state index in [0.29, 0.717) is 12.8 Å². The Morgan fingerprint density at radius 3 is 2.47 bits per heavy atom. The first-order valence-corrected chi connectivity index (χ1v) is 13.6. The molecule has 1 saturated carbocycles. The number of esters is 1. The van der Waals surface area contributed by atoms with Gasteiger partial charge in [-0.15, -0.1) is 0 Å². The molecule has 0 aromatic rings. The highest BCUT2D eigenvalue weighted by molar-refractivity contribution is 5.65. The molecule has 1 aliphatic heterocycles. The third kappa shape index (κ3) is 6.02. The van der Waals surface area contributed by atoms with Gasteiger partial charge in [0, 0.05) is 12.3 Å². The lowest BCUT2D eigenvalue weighted by molar-refractivity contribution is -0.328. The molecule has 10 nitrogen and oxygen atoms in total. The van der Waals surface area contributed by atoms with Gasteiger partial charge in [0.25, 0.3) is 0 Å². The van der Waals surface area contributed by atoms with Crippen molar-refractivity contribution >= 4 is 5.97 Å². The predicted molar refractivity (Wildman–Crippen MR) is 138 cm³/mol. The van der Waals surface area contributed by atoms with E-state index in [1.54, 1.807) is 6.08 Å². The van der Waals surface area contributed by atoms with Crippen molar-refractivity contribution in [2.45, 2.75) is 96.6 Å². The number of hydrogen-bond acceptors (Lipinski definition) is 10. The fraction of sp³-hybridized carbons (Fsp3) is 0.821. The fourth-order valence-electron chi connectivity index (χ4n) is 6.98. The van der Waals surface area contributed by atoms with Gasteiger partial charge in [-0.2, -0.15) is 0 Å². The maximum Gasteiger partial charge on any atom is 0.302 e. The average Bonchev–Trinajstić information content (AvgIpc) is 2.89. The molecule has 10 atom stereocenters. The summed E-state index contributed by atoms with van der Waals surface area (Å²) in [5, 5.41) is 61.0. The summed E-state index contributed by atoms with van der Waals surface area (Å²) in [5.41, 5.74) is 0.864. The van der Waals surface area contributed by atoms with E-state index in [-0.39, 0.29) is 43.7 Å². The van der Waals surface area contributed by atoms with E-state index in [0.717, 1.165) is 30.4 Å². The second-order valence-electron chi connectivity index (χ2n) is 11.6. The molecule has 10 heteroatoms. The predicted octanol–water partition coefficient (Wildman–Crippen LogP) is 0.815. The lowest BCUT2D eigenvalue weighted by atomic mass is 9.45. The minimum atomic E-state index is -1.56. The number of hydrogen-bond donors (Lipinski definition) is 6. The van der Waals surface area contributed by atoms with Gasteiger partial charge in [-0.05, 0) is 60.5 Å². The summed E-state index contributed by atoms with van der Waals surface area (Å²) in [6, 6.07) is 0. The number of fused-ring (bicyclic) bond motifs is 1. The summed E-state index contributed by atoms with van der Waals surface area (Å²) < 4.78 is 17.2. The molecule has 0 bridgehead atoms. The number of carbonyl (C=O) groups is 1. The number of ether oxygens (including phenoxy) is 3.